The Morgan fingerprint density at radius 2 is 1.92 bits per heavy atom. The summed E-state index contributed by atoms with van der Waals surface area (Å²) in [4.78, 5) is 32.8. The molecule has 1 aliphatic heterocycles. The largest absolute Gasteiger partial charge is 0.495 e. The Hall–Kier alpha value is -3.86. The molecule has 1 saturated heterocycles. The van der Waals surface area contributed by atoms with Crippen molar-refractivity contribution in [3.05, 3.63) is 52.8 Å². The molecule has 1 fully saturated rings. The lowest BCUT2D eigenvalue weighted by Gasteiger charge is -2.37. The van der Waals surface area contributed by atoms with Gasteiger partial charge in [-0.1, -0.05) is 27.7 Å². The summed E-state index contributed by atoms with van der Waals surface area (Å²) in [6.07, 6.45) is 5.60. The van der Waals surface area contributed by atoms with Gasteiger partial charge in [-0.05, 0) is 60.4 Å². The Morgan fingerprint density at radius 1 is 1.24 bits per heavy atom. The fourth-order valence-corrected chi connectivity index (χ4v) is 5.16. The number of amides is 2. The molecule has 38 heavy (non-hydrogen) atoms. The number of piperidine rings is 1. The smallest absolute Gasteiger partial charge is 0.255 e. The second-order valence-electron chi connectivity index (χ2n) is 11.4. The molecule has 1 aliphatic rings. The Kier molecular flexibility index (Phi) is 7.50. The molecule has 4 rings (SSSR count). The number of carbonyl (C=O) groups is 2. The lowest BCUT2D eigenvalue weighted by Crippen LogP contribution is -2.43. The number of ether oxygens (including phenoxy) is 1. The highest BCUT2D eigenvalue weighted by Gasteiger charge is 2.33. The monoisotopic (exact) mass is 515 g/mol. The van der Waals surface area contributed by atoms with Gasteiger partial charge in [-0.3, -0.25) is 9.59 Å². The van der Waals surface area contributed by atoms with Gasteiger partial charge in [0.05, 0.1) is 24.6 Å². The van der Waals surface area contributed by atoms with Crippen LogP contribution in [0.1, 0.15) is 73.5 Å². The van der Waals surface area contributed by atoms with Gasteiger partial charge in [0.25, 0.3) is 5.91 Å². The average Bonchev–Trinajstić information content (AvgIpc) is 3.25. The Bertz CT molecular complexity index is 1420. The second kappa shape index (κ2) is 10.5. The zero-order valence-corrected chi connectivity index (χ0v) is 23.4. The molecule has 2 aromatic heterocycles. The number of fused-ring (bicyclic) bond motifs is 1. The summed E-state index contributed by atoms with van der Waals surface area (Å²) in [5, 5.41) is 13.4. The number of methoxy groups -OCH3 is 1. The molecule has 0 saturated carbocycles. The molecule has 1 unspecified atom stereocenters. The number of nitrogens with one attached hydrogen (secondary N) is 1. The molecule has 3 heterocycles. The van der Waals surface area contributed by atoms with Crippen molar-refractivity contribution in [2.24, 2.45) is 18.4 Å². The first kappa shape index (κ1) is 27.2. The van der Waals surface area contributed by atoms with Gasteiger partial charge >= 0.3 is 0 Å². The quantitative estimate of drug-likeness (QED) is 0.490. The highest BCUT2D eigenvalue weighted by molar-refractivity contribution is 6.06. The number of likely N-dealkylation sites (tertiary alicyclic amines) is 1. The van der Waals surface area contributed by atoms with Gasteiger partial charge in [0.1, 0.15) is 17.5 Å². The number of benzene rings is 1. The van der Waals surface area contributed by atoms with Crippen molar-refractivity contribution in [2.75, 3.05) is 25.5 Å². The number of pyridine rings is 1. The SMILES string of the molecule is COc1ccc(C(=O)Nc2cnc3c(c(C4CCN(C(=O)C(C)C(C)(C)C)CC4)cn3C)c2C)cc1C#N. The van der Waals surface area contributed by atoms with E-state index in [-0.39, 0.29) is 23.1 Å². The minimum absolute atomic E-state index is 0.0239. The number of aryl methyl sites for hydroxylation is 2. The van der Waals surface area contributed by atoms with Gasteiger partial charge in [-0.25, -0.2) is 4.98 Å². The molecule has 1 atom stereocenters. The van der Waals surface area contributed by atoms with E-state index in [0.29, 0.717) is 28.5 Å². The second-order valence-corrected chi connectivity index (χ2v) is 11.4. The molecular formula is C30H37N5O3. The number of hydrogen-bond donors (Lipinski definition) is 1. The van der Waals surface area contributed by atoms with Crippen LogP contribution < -0.4 is 10.1 Å². The normalized spacial score (nSPS) is 15.3. The first-order valence-electron chi connectivity index (χ1n) is 13.1. The summed E-state index contributed by atoms with van der Waals surface area (Å²) in [7, 11) is 3.48. The third kappa shape index (κ3) is 5.10. The van der Waals surface area contributed by atoms with Crippen molar-refractivity contribution < 1.29 is 14.3 Å². The molecule has 200 valence electrons. The third-order valence-electron chi connectivity index (χ3n) is 8.02. The fourth-order valence-electron chi connectivity index (χ4n) is 5.16. The van der Waals surface area contributed by atoms with Crippen molar-refractivity contribution in [3.8, 4) is 11.8 Å². The van der Waals surface area contributed by atoms with Crippen LogP contribution in [0, 0.1) is 29.6 Å². The Morgan fingerprint density at radius 3 is 2.53 bits per heavy atom. The molecule has 2 amide bonds. The summed E-state index contributed by atoms with van der Waals surface area (Å²) < 4.78 is 7.22. The van der Waals surface area contributed by atoms with Crippen LogP contribution in [0.5, 0.6) is 5.75 Å². The maximum atomic E-state index is 13.1. The number of anilines is 1. The van der Waals surface area contributed by atoms with Crippen molar-refractivity contribution in [2.45, 2.75) is 53.4 Å². The lowest BCUT2D eigenvalue weighted by molar-refractivity contribution is -0.139. The maximum Gasteiger partial charge on any atom is 0.255 e. The van der Waals surface area contributed by atoms with Crippen LogP contribution in [-0.4, -0.2) is 46.5 Å². The summed E-state index contributed by atoms with van der Waals surface area (Å²) in [6.45, 7) is 11.8. The van der Waals surface area contributed by atoms with Gasteiger partial charge in [-0.15, -0.1) is 0 Å². The predicted molar refractivity (Wildman–Crippen MR) is 148 cm³/mol. The fraction of sp³-hybridized carbons (Fsp3) is 0.467. The van der Waals surface area contributed by atoms with E-state index >= 15 is 0 Å². The minimum Gasteiger partial charge on any atom is -0.495 e. The van der Waals surface area contributed by atoms with Crippen LogP contribution >= 0.6 is 0 Å². The van der Waals surface area contributed by atoms with Gasteiger partial charge in [0.2, 0.25) is 5.91 Å². The minimum atomic E-state index is -0.314. The highest BCUT2D eigenvalue weighted by Crippen LogP contribution is 2.38. The van der Waals surface area contributed by atoms with Crippen LogP contribution in [-0.2, 0) is 11.8 Å². The van der Waals surface area contributed by atoms with Gasteiger partial charge in [-0.2, -0.15) is 5.26 Å². The number of nitrogens with zero attached hydrogens (tertiary/aromatic N) is 4. The standard InChI is InChI=1S/C30H37N5O3/c1-18-24(33-28(36)21-8-9-25(38-7)22(14-21)15-31)16-32-27-26(18)23(17-34(27)6)20-10-12-35(13-11-20)29(37)19(2)30(3,4)5/h8-9,14,16-17,19-20H,10-13H2,1-7H3,(H,33,36). The molecule has 1 aromatic carbocycles. The van der Waals surface area contributed by atoms with E-state index in [4.69, 9.17) is 4.74 Å². The summed E-state index contributed by atoms with van der Waals surface area (Å²) in [5.74, 6) is 0.626. The lowest BCUT2D eigenvalue weighted by atomic mass is 9.80. The first-order chi connectivity index (χ1) is 18.0. The maximum absolute atomic E-state index is 13.1. The first-order valence-corrected chi connectivity index (χ1v) is 13.1. The number of rotatable bonds is 5. The Balaban J connectivity index is 1.57. The number of nitriles is 1. The van der Waals surface area contributed by atoms with E-state index in [1.54, 1.807) is 18.3 Å². The molecule has 8 nitrogen and oxygen atoms in total. The molecule has 3 aromatic rings. The molecular weight excluding hydrogens is 478 g/mol. The molecule has 0 radical (unpaired) electrons. The van der Waals surface area contributed by atoms with E-state index in [2.05, 4.69) is 43.3 Å². The van der Waals surface area contributed by atoms with Gasteiger partial charge in [0.15, 0.2) is 0 Å². The van der Waals surface area contributed by atoms with E-state index in [1.807, 2.05) is 30.4 Å². The predicted octanol–water partition coefficient (Wildman–Crippen LogP) is 5.40. The van der Waals surface area contributed by atoms with Crippen molar-refractivity contribution in [1.82, 2.24) is 14.5 Å². The summed E-state index contributed by atoms with van der Waals surface area (Å²) in [6, 6.07) is 6.85. The van der Waals surface area contributed by atoms with Crippen molar-refractivity contribution >= 4 is 28.5 Å². The van der Waals surface area contributed by atoms with Gasteiger partial charge < -0.3 is 19.5 Å². The van der Waals surface area contributed by atoms with Crippen LogP contribution in [0.15, 0.2) is 30.6 Å². The van der Waals surface area contributed by atoms with E-state index < -0.39 is 0 Å². The van der Waals surface area contributed by atoms with E-state index in [1.165, 1.54) is 18.7 Å². The number of carbonyl (C=O) groups excluding carboxylic acids is 2. The van der Waals surface area contributed by atoms with E-state index in [0.717, 1.165) is 42.5 Å². The zero-order valence-electron chi connectivity index (χ0n) is 23.4. The van der Waals surface area contributed by atoms with Gasteiger partial charge in [0, 0.05) is 43.2 Å². The number of aromatic nitrogens is 2. The highest BCUT2D eigenvalue weighted by atomic mass is 16.5. The number of hydrogen-bond acceptors (Lipinski definition) is 5. The van der Waals surface area contributed by atoms with E-state index in [9.17, 15) is 14.9 Å². The van der Waals surface area contributed by atoms with Crippen LogP contribution in [0.3, 0.4) is 0 Å². The summed E-state index contributed by atoms with van der Waals surface area (Å²) in [5.41, 5.74) is 4.27. The molecule has 1 N–H and O–H groups in total. The van der Waals surface area contributed by atoms with Crippen molar-refractivity contribution in [3.63, 3.8) is 0 Å². The Labute approximate surface area is 224 Å². The van der Waals surface area contributed by atoms with Crippen LogP contribution in [0.4, 0.5) is 5.69 Å². The summed E-state index contributed by atoms with van der Waals surface area (Å²) >= 11 is 0. The molecule has 0 bridgehead atoms. The molecule has 0 aliphatic carbocycles. The average molecular weight is 516 g/mol. The van der Waals surface area contributed by atoms with Crippen molar-refractivity contribution in [1.29, 1.82) is 5.26 Å². The molecule has 8 heteroatoms. The topological polar surface area (TPSA) is 100 Å². The molecule has 0 spiro atoms. The third-order valence-corrected chi connectivity index (χ3v) is 8.02. The zero-order chi connectivity index (χ0) is 27.8. The van der Waals surface area contributed by atoms with Crippen LogP contribution in [0.25, 0.3) is 11.0 Å². The van der Waals surface area contributed by atoms with Crippen LogP contribution in [0.2, 0.25) is 0 Å².